The fourth-order valence-corrected chi connectivity index (χ4v) is 3.93. The van der Waals surface area contributed by atoms with E-state index in [0.717, 1.165) is 28.8 Å². The predicted molar refractivity (Wildman–Crippen MR) is 107 cm³/mol. The Morgan fingerprint density at radius 1 is 1.07 bits per heavy atom. The second-order valence-electron chi connectivity index (χ2n) is 7.34. The van der Waals surface area contributed by atoms with E-state index in [2.05, 4.69) is 12.1 Å². The van der Waals surface area contributed by atoms with Gasteiger partial charge in [0.1, 0.15) is 18.5 Å². The summed E-state index contributed by atoms with van der Waals surface area (Å²) in [6, 6.07) is 7.77. The Hall–Kier alpha value is -2.19. The minimum atomic E-state index is -0.111. The van der Waals surface area contributed by atoms with E-state index in [0.29, 0.717) is 51.9 Å². The summed E-state index contributed by atoms with van der Waals surface area (Å²) >= 11 is 0. The van der Waals surface area contributed by atoms with Crippen molar-refractivity contribution in [1.29, 1.82) is 0 Å². The summed E-state index contributed by atoms with van der Waals surface area (Å²) in [5.41, 5.74) is 5.24. The number of nitrogens with zero attached hydrogens (tertiary/aromatic N) is 1. The number of hydrogen-bond donors (Lipinski definition) is 0. The van der Waals surface area contributed by atoms with E-state index in [1.54, 1.807) is 20.3 Å². The fraction of sp³-hybridized carbons (Fsp3) is 0.500. The highest BCUT2D eigenvalue weighted by Gasteiger charge is 2.21. The van der Waals surface area contributed by atoms with Gasteiger partial charge < -0.3 is 28.3 Å². The van der Waals surface area contributed by atoms with Crippen LogP contribution in [-0.4, -0.2) is 51.3 Å². The lowest BCUT2D eigenvalue weighted by atomic mass is 9.92. The number of rotatable bonds is 7. The second-order valence-corrected chi connectivity index (χ2v) is 7.34. The van der Waals surface area contributed by atoms with Crippen LogP contribution in [0.25, 0.3) is 11.3 Å². The summed E-state index contributed by atoms with van der Waals surface area (Å²) in [7, 11) is 3.37. The Bertz CT molecular complexity index is 916. The SMILES string of the molecule is COCc1cc2c(cc1COC)-c1cc(OC[C@@H]3COCCO3)cc(=O)n1CC2. The Balaban J connectivity index is 1.66. The Kier molecular flexibility index (Phi) is 6.30. The van der Waals surface area contributed by atoms with E-state index in [4.69, 9.17) is 23.7 Å². The maximum atomic E-state index is 12.7. The van der Waals surface area contributed by atoms with Crippen LogP contribution < -0.4 is 10.3 Å². The standard InChI is InChI=1S/C22H27NO6/c1-25-11-16-7-15-3-4-23-21(20(15)8-17(16)12-26-2)9-18(10-22(23)24)29-14-19-13-27-5-6-28-19/h7-10,19H,3-6,11-14H2,1-2H3/t19-/m0/s1. The van der Waals surface area contributed by atoms with Crippen LogP contribution in [0.5, 0.6) is 5.75 Å². The smallest absolute Gasteiger partial charge is 0.254 e. The van der Waals surface area contributed by atoms with Crippen molar-refractivity contribution in [1.82, 2.24) is 4.57 Å². The molecular formula is C22H27NO6. The maximum Gasteiger partial charge on any atom is 0.254 e. The number of aromatic nitrogens is 1. The Labute approximate surface area is 170 Å². The summed E-state index contributed by atoms with van der Waals surface area (Å²) in [4.78, 5) is 12.7. The van der Waals surface area contributed by atoms with Crippen LogP contribution >= 0.6 is 0 Å². The molecule has 2 aromatic rings. The van der Waals surface area contributed by atoms with Gasteiger partial charge in [-0.1, -0.05) is 6.07 Å². The first kappa shape index (κ1) is 20.1. The first-order valence-electron chi connectivity index (χ1n) is 9.89. The van der Waals surface area contributed by atoms with Gasteiger partial charge in [-0.3, -0.25) is 4.79 Å². The molecule has 1 aromatic heterocycles. The van der Waals surface area contributed by atoms with Gasteiger partial charge in [-0.05, 0) is 29.2 Å². The summed E-state index contributed by atoms with van der Waals surface area (Å²) < 4.78 is 29.4. The summed E-state index contributed by atoms with van der Waals surface area (Å²) in [5, 5.41) is 0. The maximum absolute atomic E-state index is 12.7. The number of ether oxygens (including phenoxy) is 5. The molecule has 1 saturated heterocycles. The van der Waals surface area contributed by atoms with Crippen LogP contribution in [-0.2, 0) is 45.1 Å². The molecule has 2 aliphatic rings. The monoisotopic (exact) mass is 401 g/mol. The van der Waals surface area contributed by atoms with E-state index in [-0.39, 0.29) is 11.7 Å². The van der Waals surface area contributed by atoms with Gasteiger partial charge in [0.05, 0.1) is 38.7 Å². The minimum Gasteiger partial charge on any atom is -0.491 e. The molecule has 1 fully saturated rings. The lowest BCUT2D eigenvalue weighted by molar-refractivity contribution is -0.101. The highest BCUT2D eigenvalue weighted by atomic mass is 16.6. The molecule has 1 aromatic carbocycles. The van der Waals surface area contributed by atoms with Crippen LogP contribution in [0.15, 0.2) is 29.1 Å². The lowest BCUT2D eigenvalue weighted by Gasteiger charge is -2.25. The highest BCUT2D eigenvalue weighted by Crippen LogP contribution is 2.33. The van der Waals surface area contributed by atoms with Crippen molar-refractivity contribution in [2.24, 2.45) is 0 Å². The molecule has 1 atom stereocenters. The summed E-state index contributed by atoms with van der Waals surface area (Å²) in [6.07, 6.45) is 0.694. The molecule has 7 nitrogen and oxygen atoms in total. The molecule has 0 amide bonds. The highest BCUT2D eigenvalue weighted by molar-refractivity contribution is 5.69. The van der Waals surface area contributed by atoms with Crippen LogP contribution in [0.4, 0.5) is 0 Å². The van der Waals surface area contributed by atoms with Crippen molar-refractivity contribution in [3.63, 3.8) is 0 Å². The lowest BCUT2D eigenvalue weighted by Crippen LogP contribution is -2.33. The zero-order valence-electron chi connectivity index (χ0n) is 16.9. The largest absolute Gasteiger partial charge is 0.491 e. The van der Waals surface area contributed by atoms with Gasteiger partial charge >= 0.3 is 0 Å². The van der Waals surface area contributed by atoms with Gasteiger partial charge in [0.2, 0.25) is 0 Å². The second kappa shape index (κ2) is 9.09. The van der Waals surface area contributed by atoms with Crippen LogP contribution in [0.2, 0.25) is 0 Å². The molecule has 3 heterocycles. The number of aryl methyl sites for hydroxylation is 1. The third-order valence-corrected chi connectivity index (χ3v) is 5.33. The van der Waals surface area contributed by atoms with E-state index < -0.39 is 0 Å². The first-order chi connectivity index (χ1) is 14.2. The molecule has 7 heteroatoms. The van der Waals surface area contributed by atoms with Crippen molar-refractivity contribution in [3.05, 3.63) is 51.3 Å². The van der Waals surface area contributed by atoms with E-state index in [1.807, 2.05) is 10.6 Å². The normalized spacial score (nSPS) is 18.2. The molecule has 0 saturated carbocycles. The van der Waals surface area contributed by atoms with Crippen LogP contribution in [0, 0.1) is 0 Å². The average molecular weight is 401 g/mol. The Morgan fingerprint density at radius 2 is 1.86 bits per heavy atom. The number of pyridine rings is 1. The quantitative estimate of drug-likeness (QED) is 0.708. The zero-order chi connectivity index (χ0) is 20.2. The number of fused-ring (bicyclic) bond motifs is 3. The van der Waals surface area contributed by atoms with Gasteiger partial charge in [0, 0.05) is 38.5 Å². The number of methoxy groups -OCH3 is 2. The van der Waals surface area contributed by atoms with Gasteiger partial charge in [-0.2, -0.15) is 0 Å². The molecule has 0 N–H and O–H groups in total. The van der Waals surface area contributed by atoms with Crippen LogP contribution in [0.1, 0.15) is 16.7 Å². The molecule has 4 rings (SSSR count). The van der Waals surface area contributed by atoms with Crippen molar-refractivity contribution >= 4 is 0 Å². The zero-order valence-corrected chi connectivity index (χ0v) is 16.9. The fourth-order valence-electron chi connectivity index (χ4n) is 3.93. The van der Waals surface area contributed by atoms with E-state index >= 15 is 0 Å². The average Bonchev–Trinajstić information content (AvgIpc) is 2.74. The van der Waals surface area contributed by atoms with Gasteiger partial charge in [0.15, 0.2) is 0 Å². The molecule has 0 radical (unpaired) electrons. The van der Waals surface area contributed by atoms with Crippen LogP contribution in [0.3, 0.4) is 0 Å². The topological polar surface area (TPSA) is 68.2 Å². The van der Waals surface area contributed by atoms with Crippen molar-refractivity contribution in [2.45, 2.75) is 32.3 Å². The molecule has 0 aliphatic carbocycles. The third-order valence-electron chi connectivity index (χ3n) is 5.33. The minimum absolute atomic E-state index is 0.0572. The predicted octanol–water partition coefficient (Wildman–Crippen LogP) is 2.16. The summed E-state index contributed by atoms with van der Waals surface area (Å²) in [5.74, 6) is 0.553. The van der Waals surface area contributed by atoms with Crippen molar-refractivity contribution < 1.29 is 23.7 Å². The molecule has 29 heavy (non-hydrogen) atoms. The van der Waals surface area contributed by atoms with Crippen molar-refractivity contribution in [2.75, 3.05) is 40.6 Å². The third kappa shape index (κ3) is 4.38. The van der Waals surface area contributed by atoms with Gasteiger partial charge in [-0.25, -0.2) is 0 Å². The van der Waals surface area contributed by atoms with Gasteiger partial charge in [-0.15, -0.1) is 0 Å². The molecule has 0 spiro atoms. The molecule has 0 bridgehead atoms. The summed E-state index contributed by atoms with van der Waals surface area (Å²) in [6.45, 7) is 3.73. The van der Waals surface area contributed by atoms with Crippen molar-refractivity contribution in [3.8, 4) is 17.0 Å². The number of benzene rings is 1. The van der Waals surface area contributed by atoms with E-state index in [1.165, 1.54) is 5.56 Å². The molecule has 2 aliphatic heterocycles. The van der Waals surface area contributed by atoms with E-state index in [9.17, 15) is 4.79 Å². The molecule has 156 valence electrons. The molecular weight excluding hydrogens is 374 g/mol. The first-order valence-corrected chi connectivity index (χ1v) is 9.89. The van der Waals surface area contributed by atoms with Gasteiger partial charge in [0.25, 0.3) is 5.56 Å². The Morgan fingerprint density at radius 3 is 2.59 bits per heavy atom. The molecule has 0 unspecified atom stereocenters. The number of hydrogen-bond acceptors (Lipinski definition) is 6.